The van der Waals surface area contributed by atoms with Crippen molar-refractivity contribution in [3.05, 3.63) is 46.7 Å². The first-order chi connectivity index (χ1) is 10.3. The Labute approximate surface area is 127 Å². The summed E-state index contributed by atoms with van der Waals surface area (Å²) >= 11 is 0. The number of ketones is 2. The highest BCUT2D eigenvalue weighted by Crippen LogP contribution is 2.20. The molecule has 6 heteroatoms. The SMILES string of the molecule is CC(=O)c1c(C)[nH]c(C(=O)C(C)OC(=O)c2ccoc2)c1C. The Morgan fingerprint density at radius 2 is 1.95 bits per heavy atom. The van der Waals surface area contributed by atoms with Crippen LogP contribution in [0, 0.1) is 13.8 Å². The molecule has 116 valence electrons. The lowest BCUT2D eigenvalue weighted by Crippen LogP contribution is -2.25. The highest BCUT2D eigenvalue weighted by atomic mass is 16.5. The zero-order chi connectivity index (χ0) is 16.4. The van der Waals surface area contributed by atoms with E-state index in [-0.39, 0.29) is 22.8 Å². The summed E-state index contributed by atoms with van der Waals surface area (Å²) in [6.45, 7) is 6.35. The second-order valence-corrected chi connectivity index (χ2v) is 5.10. The third-order valence-corrected chi connectivity index (χ3v) is 3.45. The second kappa shape index (κ2) is 6.01. The molecular formula is C16H17NO5. The number of Topliss-reactive ketones (excluding diaryl/α,β-unsaturated/α-hetero) is 2. The predicted octanol–water partition coefficient (Wildman–Crippen LogP) is 2.86. The second-order valence-electron chi connectivity index (χ2n) is 5.10. The van der Waals surface area contributed by atoms with Crippen molar-refractivity contribution in [1.29, 1.82) is 0 Å². The Bertz CT molecular complexity index is 724. The lowest BCUT2D eigenvalue weighted by Gasteiger charge is -2.11. The van der Waals surface area contributed by atoms with Crippen LogP contribution in [0.15, 0.2) is 23.0 Å². The molecule has 22 heavy (non-hydrogen) atoms. The molecule has 0 spiro atoms. The molecule has 0 aliphatic rings. The summed E-state index contributed by atoms with van der Waals surface area (Å²) in [5, 5.41) is 0. The standard InChI is InChI=1S/C16H17NO5/c1-8-13(10(3)18)9(2)17-14(8)15(19)11(4)22-16(20)12-5-6-21-7-12/h5-7,11,17H,1-4H3. The first-order valence-corrected chi connectivity index (χ1v) is 6.80. The van der Waals surface area contributed by atoms with Gasteiger partial charge in [0.05, 0.1) is 17.5 Å². The van der Waals surface area contributed by atoms with E-state index in [9.17, 15) is 14.4 Å². The third-order valence-electron chi connectivity index (χ3n) is 3.45. The highest BCUT2D eigenvalue weighted by Gasteiger charge is 2.26. The molecule has 2 aromatic rings. The number of rotatable bonds is 5. The Morgan fingerprint density at radius 1 is 1.27 bits per heavy atom. The molecule has 0 aliphatic heterocycles. The summed E-state index contributed by atoms with van der Waals surface area (Å²) in [6, 6.07) is 1.46. The van der Waals surface area contributed by atoms with E-state index in [0.29, 0.717) is 16.8 Å². The normalized spacial score (nSPS) is 12.0. The zero-order valence-corrected chi connectivity index (χ0v) is 12.9. The number of hydrogen-bond donors (Lipinski definition) is 1. The lowest BCUT2D eigenvalue weighted by molar-refractivity contribution is 0.0316. The van der Waals surface area contributed by atoms with Crippen LogP contribution in [0.4, 0.5) is 0 Å². The minimum Gasteiger partial charge on any atom is -0.472 e. The molecule has 6 nitrogen and oxygen atoms in total. The summed E-state index contributed by atoms with van der Waals surface area (Å²) in [5.74, 6) is -1.14. The number of carbonyl (C=O) groups is 3. The van der Waals surface area contributed by atoms with Crippen molar-refractivity contribution >= 4 is 17.5 Å². The minimum absolute atomic E-state index is 0.117. The number of hydrogen-bond acceptors (Lipinski definition) is 5. The predicted molar refractivity (Wildman–Crippen MR) is 78.2 cm³/mol. The monoisotopic (exact) mass is 303 g/mol. The van der Waals surface area contributed by atoms with E-state index in [1.165, 1.54) is 32.4 Å². The van der Waals surface area contributed by atoms with E-state index >= 15 is 0 Å². The molecule has 0 fully saturated rings. The summed E-state index contributed by atoms with van der Waals surface area (Å²) in [5.41, 5.74) is 2.22. The maximum absolute atomic E-state index is 12.4. The Hall–Kier alpha value is -2.63. The van der Waals surface area contributed by atoms with E-state index < -0.39 is 12.1 Å². The first kappa shape index (κ1) is 15.8. The van der Waals surface area contributed by atoms with Crippen LogP contribution in [-0.4, -0.2) is 28.6 Å². The van der Waals surface area contributed by atoms with Gasteiger partial charge in [-0.3, -0.25) is 9.59 Å². The lowest BCUT2D eigenvalue weighted by atomic mass is 10.0. The fraction of sp³-hybridized carbons (Fsp3) is 0.312. The fourth-order valence-electron chi connectivity index (χ4n) is 2.39. The van der Waals surface area contributed by atoms with Gasteiger partial charge in [0.15, 0.2) is 11.9 Å². The molecule has 0 bridgehead atoms. The number of nitrogens with one attached hydrogen (secondary N) is 1. The van der Waals surface area contributed by atoms with Gasteiger partial charge in [0.2, 0.25) is 5.78 Å². The van der Waals surface area contributed by atoms with Crippen molar-refractivity contribution in [1.82, 2.24) is 4.98 Å². The number of aryl methyl sites for hydroxylation is 1. The van der Waals surface area contributed by atoms with Crippen molar-refractivity contribution in [3.63, 3.8) is 0 Å². The first-order valence-electron chi connectivity index (χ1n) is 6.80. The van der Waals surface area contributed by atoms with Crippen LogP contribution in [0.25, 0.3) is 0 Å². The Kier molecular flexibility index (Phi) is 4.30. The van der Waals surface area contributed by atoms with Gasteiger partial charge >= 0.3 is 5.97 Å². The number of esters is 1. The van der Waals surface area contributed by atoms with Gasteiger partial charge in [-0.15, -0.1) is 0 Å². The van der Waals surface area contributed by atoms with Crippen molar-refractivity contribution < 1.29 is 23.5 Å². The Balaban J connectivity index is 2.19. The molecular weight excluding hydrogens is 286 g/mol. The molecule has 0 radical (unpaired) electrons. The van der Waals surface area contributed by atoms with E-state index in [1.54, 1.807) is 13.8 Å². The van der Waals surface area contributed by atoms with Crippen LogP contribution < -0.4 is 0 Å². The molecule has 2 heterocycles. The van der Waals surface area contributed by atoms with E-state index in [4.69, 9.17) is 9.15 Å². The van der Waals surface area contributed by atoms with Crippen LogP contribution in [0.5, 0.6) is 0 Å². The van der Waals surface area contributed by atoms with Gasteiger partial charge in [0.25, 0.3) is 0 Å². The van der Waals surface area contributed by atoms with Crippen LogP contribution in [0.1, 0.15) is 56.3 Å². The topological polar surface area (TPSA) is 89.4 Å². The molecule has 0 saturated carbocycles. The van der Waals surface area contributed by atoms with Crippen LogP contribution in [0.2, 0.25) is 0 Å². The molecule has 0 amide bonds. The van der Waals surface area contributed by atoms with Gasteiger partial charge in [0.1, 0.15) is 6.26 Å². The van der Waals surface area contributed by atoms with Crippen molar-refractivity contribution in [3.8, 4) is 0 Å². The summed E-state index contributed by atoms with van der Waals surface area (Å²) in [4.78, 5) is 38.7. The maximum Gasteiger partial charge on any atom is 0.342 e. The average Bonchev–Trinajstić information content (AvgIpc) is 3.05. The molecule has 1 atom stereocenters. The van der Waals surface area contributed by atoms with Gasteiger partial charge in [-0.25, -0.2) is 4.79 Å². The summed E-state index contributed by atoms with van der Waals surface area (Å²) in [6.07, 6.45) is 1.62. The van der Waals surface area contributed by atoms with Crippen LogP contribution >= 0.6 is 0 Å². The number of aromatic amines is 1. The van der Waals surface area contributed by atoms with Gasteiger partial charge < -0.3 is 14.1 Å². The van der Waals surface area contributed by atoms with Crippen LogP contribution in [0.3, 0.4) is 0 Å². The van der Waals surface area contributed by atoms with Gasteiger partial charge in [-0.1, -0.05) is 0 Å². The molecule has 2 aromatic heterocycles. The summed E-state index contributed by atoms with van der Waals surface area (Å²) in [7, 11) is 0. The average molecular weight is 303 g/mol. The van der Waals surface area contributed by atoms with Crippen molar-refractivity contribution in [2.24, 2.45) is 0 Å². The molecule has 0 aliphatic carbocycles. The van der Waals surface area contributed by atoms with E-state index in [1.807, 2.05) is 0 Å². The Morgan fingerprint density at radius 3 is 2.45 bits per heavy atom. The van der Waals surface area contributed by atoms with Gasteiger partial charge in [0, 0.05) is 11.3 Å². The quantitative estimate of drug-likeness (QED) is 0.677. The van der Waals surface area contributed by atoms with Crippen LogP contribution in [-0.2, 0) is 4.74 Å². The molecule has 0 saturated heterocycles. The molecule has 2 rings (SSSR count). The van der Waals surface area contributed by atoms with Gasteiger partial charge in [-0.2, -0.15) is 0 Å². The van der Waals surface area contributed by atoms with E-state index in [0.717, 1.165) is 0 Å². The zero-order valence-electron chi connectivity index (χ0n) is 12.9. The highest BCUT2D eigenvalue weighted by molar-refractivity contribution is 6.05. The fourth-order valence-corrected chi connectivity index (χ4v) is 2.39. The number of furan rings is 1. The van der Waals surface area contributed by atoms with Crippen molar-refractivity contribution in [2.45, 2.75) is 33.8 Å². The molecule has 1 N–H and O–H groups in total. The van der Waals surface area contributed by atoms with Gasteiger partial charge in [-0.05, 0) is 39.3 Å². The summed E-state index contributed by atoms with van der Waals surface area (Å²) < 4.78 is 9.92. The number of carbonyl (C=O) groups excluding carboxylic acids is 3. The third kappa shape index (κ3) is 2.86. The minimum atomic E-state index is -0.973. The smallest absolute Gasteiger partial charge is 0.342 e. The number of aromatic nitrogens is 1. The largest absolute Gasteiger partial charge is 0.472 e. The molecule has 0 aromatic carbocycles. The van der Waals surface area contributed by atoms with E-state index in [2.05, 4.69) is 4.98 Å². The van der Waals surface area contributed by atoms with Crippen molar-refractivity contribution in [2.75, 3.05) is 0 Å². The number of H-pyrrole nitrogens is 1. The maximum atomic E-state index is 12.4. The number of ether oxygens (including phenoxy) is 1. The molecule has 1 unspecified atom stereocenters.